The molecule has 0 fully saturated rings. The molecule has 4 heteroatoms. The van der Waals surface area contributed by atoms with Crippen molar-refractivity contribution in [2.24, 2.45) is 0 Å². The number of rotatable bonds is 6. The summed E-state index contributed by atoms with van der Waals surface area (Å²) in [5.74, 6) is 1.64. The third kappa shape index (κ3) is 3.65. The average Bonchev–Trinajstić information content (AvgIpc) is 2.66. The lowest BCUT2D eigenvalue weighted by molar-refractivity contribution is -0.957. The zero-order valence-corrected chi connectivity index (χ0v) is 15.5. The van der Waals surface area contributed by atoms with E-state index in [1.54, 1.807) is 19.1 Å². The summed E-state index contributed by atoms with van der Waals surface area (Å²) in [6.07, 6.45) is 2.13. The number of benzene rings is 2. The number of ether oxygens (including phenoxy) is 2. The van der Waals surface area contributed by atoms with Crippen molar-refractivity contribution in [2.45, 2.75) is 38.4 Å². The second-order valence-electron chi connectivity index (χ2n) is 6.87. The molecule has 1 heterocycles. The third-order valence-electron chi connectivity index (χ3n) is 5.41. The summed E-state index contributed by atoms with van der Waals surface area (Å²) >= 11 is 0. The Balaban J connectivity index is 1.98. The molecule has 3 atom stereocenters. The summed E-state index contributed by atoms with van der Waals surface area (Å²) in [7, 11) is 3.41. The van der Waals surface area contributed by atoms with Gasteiger partial charge in [-0.15, -0.1) is 0 Å². The monoisotopic (exact) mass is 342 g/mol. The fourth-order valence-corrected chi connectivity index (χ4v) is 3.99. The van der Waals surface area contributed by atoms with Crippen LogP contribution in [-0.4, -0.2) is 26.8 Å². The largest absolute Gasteiger partial charge is 0.493 e. The van der Waals surface area contributed by atoms with Crippen molar-refractivity contribution in [1.29, 1.82) is 0 Å². The molecule has 25 heavy (non-hydrogen) atoms. The highest BCUT2D eigenvalue weighted by Crippen LogP contribution is 2.34. The van der Waals surface area contributed by atoms with Crippen LogP contribution < -0.4 is 20.1 Å². The minimum absolute atomic E-state index is 0.371. The first kappa shape index (κ1) is 17.8. The first-order chi connectivity index (χ1) is 12.2. The van der Waals surface area contributed by atoms with Crippen LogP contribution in [0.5, 0.6) is 11.5 Å². The van der Waals surface area contributed by atoms with Gasteiger partial charge in [-0.1, -0.05) is 37.3 Å². The maximum Gasteiger partial charge on any atom is 0.166 e. The second kappa shape index (κ2) is 7.89. The van der Waals surface area contributed by atoms with Gasteiger partial charge in [0.25, 0.3) is 0 Å². The Labute approximate surface area is 150 Å². The maximum absolute atomic E-state index is 5.56. The van der Waals surface area contributed by atoms with E-state index in [2.05, 4.69) is 55.1 Å². The van der Waals surface area contributed by atoms with Crippen LogP contribution in [0.4, 0.5) is 0 Å². The van der Waals surface area contributed by atoms with Gasteiger partial charge < -0.3 is 20.1 Å². The molecule has 0 aromatic heterocycles. The van der Waals surface area contributed by atoms with Crippen LogP contribution in [0.1, 0.15) is 36.1 Å². The smallest absolute Gasteiger partial charge is 0.166 e. The fourth-order valence-electron chi connectivity index (χ4n) is 3.99. The van der Waals surface area contributed by atoms with Gasteiger partial charge in [0.1, 0.15) is 12.6 Å². The van der Waals surface area contributed by atoms with E-state index in [1.807, 2.05) is 0 Å². The number of hydrogen-bond donors (Lipinski definition) is 2. The van der Waals surface area contributed by atoms with E-state index in [-0.39, 0.29) is 0 Å². The van der Waals surface area contributed by atoms with E-state index in [1.165, 1.54) is 16.7 Å². The van der Waals surface area contributed by atoms with E-state index in [0.717, 1.165) is 37.4 Å². The predicted octanol–water partition coefficient (Wildman–Crippen LogP) is 1.41. The van der Waals surface area contributed by atoms with Crippen molar-refractivity contribution >= 4 is 0 Å². The van der Waals surface area contributed by atoms with Crippen molar-refractivity contribution in [2.75, 3.05) is 20.8 Å². The number of methoxy groups -OCH3 is 2. The Hall–Kier alpha value is -2.04. The molecule has 1 aliphatic rings. The Bertz CT molecular complexity index is 703. The molecule has 0 saturated heterocycles. The quantitative estimate of drug-likeness (QED) is 0.834. The number of fused-ring (bicyclic) bond motifs is 1. The van der Waals surface area contributed by atoms with Gasteiger partial charge in [-0.2, -0.15) is 0 Å². The molecule has 2 aromatic carbocycles. The molecule has 3 rings (SSSR count). The lowest BCUT2D eigenvalue weighted by Gasteiger charge is -2.36. The molecule has 0 amide bonds. The molecule has 0 radical (unpaired) electrons. The topological polar surface area (TPSA) is 50.5 Å². The molecular formula is C21H30N2O2+2. The first-order valence-electron chi connectivity index (χ1n) is 9.14. The van der Waals surface area contributed by atoms with Gasteiger partial charge in [-0.3, -0.25) is 0 Å². The van der Waals surface area contributed by atoms with Gasteiger partial charge in [0.15, 0.2) is 17.5 Å². The Morgan fingerprint density at radius 2 is 1.80 bits per heavy atom. The zero-order valence-electron chi connectivity index (χ0n) is 15.5. The summed E-state index contributed by atoms with van der Waals surface area (Å²) in [5, 5.41) is 0. The SMILES string of the molecule is CC[C@@H]([NH3+])[C@@H]1c2cc(OC)c(OC)cc2CC[NH+]1Cc1ccccc1. The highest BCUT2D eigenvalue weighted by molar-refractivity contribution is 5.49. The molecule has 1 unspecified atom stereocenters. The number of quaternary nitrogens is 2. The van der Waals surface area contributed by atoms with Crippen LogP contribution in [0.3, 0.4) is 0 Å². The van der Waals surface area contributed by atoms with Gasteiger partial charge in [0, 0.05) is 24.0 Å². The van der Waals surface area contributed by atoms with Gasteiger partial charge in [0.05, 0.1) is 20.8 Å². The summed E-state index contributed by atoms with van der Waals surface area (Å²) in [4.78, 5) is 1.59. The number of hydrogen-bond acceptors (Lipinski definition) is 2. The van der Waals surface area contributed by atoms with Crippen LogP contribution in [-0.2, 0) is 13.0 Å². The molecule has 134 valence electrons. The van der Waals surface area contributed by atoms with Gasteiger partial charge >= 0.3 is 0 Å². The van der Waals surface area contributed by atoms with E-state index < -0.39 is 0 Å². The van der Waals surface area contributed by atoms with Crippen LogP contribution >= 0.6 is 0 Å². The molecule has 1 aliphatic heterocycles. The minimum Gasteiger partial charge on any atom is -0.493 e. The van der Waals surface area contributed by atoms with E-state index in [0.29, 0.717) is 12.1 Å². The summed E-state index contributed by atoms with van der Waals surface area (Å²) < 4.78 is 11.1. The van der Waals surface area contributed by atoms with Crippen molar-refractivity contribution in [3.63, 3.8) is 0 Å². The zero-order chi connectivity index (χ0) is 17.8. The molecule has 0 spiro atoms. The summed E-state index contributed by atoms with van der Waals surface area (Å²) in [6.45, 7) is 4.38. The van der Waals surface area contributed by atoms with Crippen LogP contribution in [0.2, 0.25) is 0 Å². The molecule has 2 aromatic rings. The maximum atomic E-state index is 5.56. The van der Waals surface area contributed by atoms with Gasteiger partial charge in [-0.05, 0) is 17.7 Å². The standard InChI is InChI=1S/C21H28N2O2/c1-4-18(22)21-17-13-20(25-3)19(24-2)12-16(17)10-11-23(21)14-15-8-6-5-7-9-15/h5-9,12-13,18,21H,4,10-11,14,22H2,1-3H3/p+2/t18-,21+/m1/s1. The van der Waals surface area contributed by atoms with Crippen LogP contribution in [0, 0.1) is 0 Å². The Morgan fingerprint density at radius 1 is 1.12 bits per heavy atom. The van der Waals surface area contributed by atoms with Crippen molar-refractivity contribution in [3.05, 3.63) is 59.2 Å². The molecule has 0 bridgehead atoms. The van der Waals surface area contributed by atoms with Crippen LogP contribution in [0.15, 0.2) is 42.5 Å². The summed E-state index contributed by atoms with van der Waals surface area (Å²) in [5.41, 5.74) is 8.61. The molecule has 4 nitrogen and oxygen atoms in total. The van der Waals surface area contributed by atoms with E-state index in [9.17, 15) is 0 Å². The van der Waals surface area contributed by atoms with Crippen molar-refractivity contribution < 1.29 is 20.1 Å². The fraction of sp³-hybridized carbons (Fsp3) is 0.429. The lowest BCUT2D eigenvalue weighted by Crippen LogP contribution is -3.14. The van der Waals surface area contributed by atoms with Crippen molar-refractivity contribution in [1.82, 2.24) is 0 Å². The average molecular weight is 342 g/mol. The summed E-state index contributed by atoms with van der Waals surface area (Å²) in [6, 6.07) is 15.9. The minimum atomic E-state index is 0.371. The predicted molar refractivity (Wildman–Crippen MR) is 98.9 cm³/mol. The highest BCUT2D eigenvalue weighted by Gasteiger charge is 2.38. The molecular weight excluding hydrogens is 312 g/mol. The van der Waals surface area contributed by atoms with E-state index >= 15 is 0 Å². The first-order valence-corrected chi connectivity index (χ1v) is 9.14. The van der Waals surface area contributed by atoms with Crippen LogP contribution in [0.25, 0.3) is 0 Å². The Morgan fingerprint density at radius 3 is 2.44 bits per heavy atom. The normalized spacial score (nSPS) is 20.6. The molecule has 4 N–H and O–H groups in total. The lowest BCUT2D eigenvalue weighted by atomic mass is 9.86. The van der Waals surface area contributed by atoms with Gasteiger partial charge in [-0.25, -0.2) is 0 Å². The third-order valence-corrected chi connectivity index (χ3v) is 5.41. The molecule has 0 saturated carbocycles. The Kier molecular flexibility index (Phi) is 5.61. The molecule has 0 aliphatic carbocycles. The van der Waals surface area contributed by atoms with Crippen molar-refractivity contribution in [3.8, 4) is 11.5 Å². The number of nitrogens with one attached hydrogen (secondary N) is 1. The second-order valence-corrected chi connectivity index (χ2v) is 6.87. The van der Waals surface area contributed by atoms with E-state index in [4.69, 9.17) is 9.47 Å². The van der Waals surface area contributed by atoms with Gasteiger partial charge in [0.2, 0.25) is 0 Å². The highest BCUT2D eigenvalue weighted by atomic mass is 16.5.